The van der Waals surface area contributed by atoms with Crippen molar-refractivity contribution in [1.29, 1.82) is 0 Å². The van der Waals surface area contributed by atoms with Gasteiger partial charge in [0, 0.05) is 26.1 Å². The third-order valence-corrected chi connectivity index (χ3v) is 5.19. The summed E-state index contributed by atoms with van der Waals surface area (Å²) in [6.45, 7) is 1.26. The lowest BCUT2D eigenvalue weighted by Crippen LogP contribution is -2.42. The molecule has 1 aromatic carbocycles. The van der Waals surface area contributed by atoms with Crippen LogP contribution in [-0.4, -0.2) is 59.0 Å². The fourth-order valence-electron chi connectivity index (χ4n) is 3.56. The smallest absolute Gasteiger partial charge is 0.256 e. The average Bonchev–Trinajstić information content (AvgIpc) is 2.78. The van der Waals surface area contributed by atoms with Gasteiger partial charge in [0.25, 0.3) is 5.91 Å². The minimum Gasteiger partial charge on any atom is -0.356 e. The summed E-state index contributed by atoms with van der Waals surface area (Å²) in [5.41, 5.74) is 1.54. The number of nitrogens with one attached hydrogen (secondary N) is 2. The molecule has 0 aliphatic carbocycles. The molecule has 1 aliphatic rings. The van der Waals surface area contributed by atoms with E-state index in [2.05, 4.69) is 33.0 Å². The van der Waals surface area contributed by atoms with Gasteiger partial charge in [0.05, 0.1) is 24.5 Å². The Hall–Kier alpha value is -3.29. The molecule has 8 heteroatoms. The van der Waals surface area contributed by atoms with E-state index in [9.17, 15) is 14.4 Å². The predicted octanol–water partition coefficient (Wildman–Crippen LogP) is 1.51. The minimum atomic E-state index is -0.277. The highest BCUT2D eigenvalue weighted by Gasteiger charge is 2.20. The van der Waals surface area contributed by atoms with E-state index in [1.165, 1.54) is 17.3 Å². The minimum absolute atomic E-state index is 0.00763. The molecule has 1 unspecified atom stereocenters. The Morgan fingerprint density at radius 1 is 0.967 bits per heavy atom. The molecule has 1 aromatic heterocycles. The fraction of sp³-hybridized carbons (Fsp3) is 0.409. The molecule has 0 radical (unpaired) electrons. The Morgan fingerprint density at radius 2 is 1.77 bits per heavy atom. The summed E-state index contributed by atoms with van der Waals surface area (Å²) >= 11 is 0. The number of aromatic nitrogens is 2. The van der Waals surface area contributed by atoms with Gasteiger partial charge in [-0.1, -0.05) is 30.3 Å². The number of nitrogens with zero attached hydrogens (tertiary/aromatic N) is 3. The van der Waals surface area contributed by atoms with Crippen molar-refractivity contribution in [3.8, 4) is 0 Å². The van der Waals surface area contributed by atoms with Crippen LogP contribution < -0.4 is 10.6 Å². The maximum atomic E-state index is 12.8. The molecule has 30 heavy (non-hydrogen) atoms. The van der Waals surface area contributed by atoms with Crippen molar-refractivity contribution < 1.29 is 14.4 Å². The monoisotopic (exact) mass is 409 g/mol. The third-order valence-electron chi connectivity index (χ3n) is 5.19. The molecule has 8 nitrogen and oxygen atoms in total. The van der Waals surface area contributed by atoms with Gasteiger partial charge in [0.1, 0.15) is 0 Å². The number of rotatable bonds is 2. The molecule has 2 N–H and O–H groups in total. The van der Waals surface area contributed by atoms with E-state index in [4.69, 9.17) is 0 Å². The Labute approximate surface area is 176 Å². The van der Waals surface area contributed by atoms with E-state index in [1.54, 1.807) is 6.07 Å². The van der Waals surface area contributed by atoms with E-state index in [1.807, 2.05) is 18.2 Å². The van der Waals surface area contributed by atoms with Crippen molar-refractivity contribution in [2.45, 2.75) is 31.6 Å². The van der Waals surface area contributed by atoms with E-state index < -0.39 is 0 Å². The molecule has 1 aliphatic heterocycles. The van der Waals surface area contributed by atoms with Crippen LogP contribution in [-0.2, 0) is 9.59 Å². The van der Waals surface area contributed by atoms with Crippen LogP contribution in [0.3, 0.4) is 0 Å². The first-order valence-electron chi connectivity index (χ1n) is 10.3. The number of hydrogen-bond donors (Lipinski definition) is 2. The van der Waals surface area contributed by atoms with E-state index in [0.29, 0.717) is 38.0 Å². The largest absolute Gasteiger partial charge is 0.356 e. The van der Waals surface area contributed by atoms with Crippen LogP contribution in [0.1, 0.15) is 47.5 Å². The van der Waals surface area contributed by atoms with Crippen molar-refractivity contribution in [2.24, 2.45) is 0 Å². The van der Waals surface area contributed by atoms with Crippen molar-refractivity contribution in [3.05, 3.63) is 59.9 Å². The highest BCUT2D eigenvalue weighted by atomic mass is 16.2. The van der Waals surface area contributed by atoms with Gasteiger partial charge in [-0.05, 0) is 36.8 Å². The van der Waals surface area contributed by atoms with Crippen molar-refractivity contribution in [3.63, 3.8) is 0 Å². The third kappa shape index (κ3) is 6.37. The molecule has 0 spiro atoms. The second-order valence-corrected chi connectivity index (χ2v) is 7.35. The summed E-state index contributed by atoms with van der Waals surface area (Å²) in [6, 6.07) is 11.6. The van der Waals surface area contributed by atoms with E-state index in [0.717, 1.165) is 18.4 Å². The first kappa shape index (κ1) is 21.4. The van der Waals surface area contributed by atoms with E-state index in [-0.39, 0.29) is 30.2 Å². The summed E-state index contributed by atoms with van der Waals surface area (Å²) in [5.74, 6) is -0.284. The van der Waals surface area contributed by atoms with Crippen molar-refractivity contribution >= 4 is 17.7 Å². The quantitative estimate of drug-likeness (QED) is 0.782. The maximum Gasteiger partial charge on any atom is 0.256 e. The van der Waals surface area contributed by atoms with Crippen LogP contribution in [0.15, 0.2) is 48.8 Å². The summed E-state index contributed by atoms with van der Waals surface area (Å²) in [5, 5.41) is 13.3. The topological polar surface area (TPSA) is 104 Å². The number of carbonyl (C=O) groups excluding carboxylic acids is 3. The van der Waals surface area contributed by atoms with Crippen LogP contribution in [0.2, 0.25) is 0 Å². The molecule has 3 rings (SSSR count). The molecule has 158 valence electrons. The summed E-state index contributed by atoms with van der Waals surface area (Å²) in [6.07, 6.45) is 5.28. The lowest BCUT2D eigenvalue weighted by atomic mass is 9.91. The summed E-state index contributed by atoms with van der Waals surface area (Å²) in [4.78, 5) is 39.0. The van der Waals surface area contributed by atoms with Crippen LogP contribution >= 0.6 is 0 Å². The standard InChI is InChI=1S/C22H27N5O3/c28-20-8-7-18(17-5-2-1-3-6-17)9-12-24-21(29)16-27(14-4-11-23-20)22(30)19-10-13-25-26-15-19/h1-3,5-6,10,13,15,18H,4,7-9,11-12,14,16H2,(H,23,28)(H,24,29). The zero-order valence-corrected chi connectivity index (χ0v) is 16.9. The zero-order valence-electron chi connectivity index (χ0n) is 16.9. The van der Waals surface area contributed by atoms with Crippen molar-refractivity contribution in [2.75, 3.05) is 26.2 Å². The maximum absolute atomic E-state index is 12.8. The van der Waals surface area contributed by atoms with Gasteiger partial charge < -0.3 is 15.5 Å². The van der Waals surface area contributed by atoms with Crippen LogP contribution in [0.4, 0.5) is 0 Å². The highest BCUT2D eigenvalue weighted by molar-refractivity contribution is 5.96. The Morgan fingerprint density at radius 3 is 2.53 bits per heavy atom. The Bertz CT molecular complexity index is 844. The molecule has 3 amide bonds. The SMILES string of the molecule is O=C1CCC(c2ccccc2)CCNC(=O)CN(C(=O)c2ccnnc2)CCCN1. The zero-order chi connectivity index (χ0) is 21.2. The second-order valence-electron chi connectivity index (χ2n) is 7.35. The van der Waals surface area contributed by atoms with Crippen molar-refractivity contribution in [1.82, 2.24) is 25.7 Å². The molecule has 1 saturated heterocycles. The highest BCUT2D eigenvalue weighted by Crippen LogP contribution is 2.24. The van der Waals surface area contributed by atoms with Gasteiger partial charge in [-0.25, -0.2) is 0 Å². The van der Waals surface area contributed by atoms with Gasteiger partial charge in [-0.3, -0.25) is 14.4 Å². The first-order chi connectivity index (χ1) is 14.6. The second kappa shape index (κ2) is 11.0. The van der Waals surface area contributed by atoms with E-state index >= 15 is 0 Å². The van der Waals surface area contributed by atoms with Crippen LogP contribution in [0.25, 0.3) is 0 Å². The van der Waals surface area contributed by atoms with Crippen LogP contribution in [0.5, 0.6) is 0 Å². The summed E-state index contributed by atoms with van der Waals surface area (Å²) in [7, 11) is 0. The van der Waals surface area contributed by atoms with Gasteiger partial charge in [-0.2, -0.15) is 10.2 Å². The number of carbonyl (C=O) groups is 3. The normalized spacial score (nSPS) is 19.3. The molecule has 2 heterocycles. The molecule has 0 bridgehead atoms. The molecule has 1 atom stereocenters. The van der Waals surface area contributed by atoms with Crippen LogP contribution in [0, 0.1) is 0 Å². The lowest BCUT2D eigenvalue weighted by Gasteiger charge is -2.23. The predicted molar refractivity (Wildman–Crippen MR) is 112 cm³/mol. The van der Waals surface area contributed by atoms with Gasteiger partial charge in [0.15, 0.2) is 0 Å². The van der Waals surface area contributed by atoms with Gasteiger partial charge in [-0.15, -0.1) is 0 Å². The Kier molecular flexibility index (Phi) is 7.88. The number of amides is 3. The summed E-state index contributed by atoms with van der Waals surface area (Å²) < 4.78 is 0. The molecule has 0 saturated carbocycles. The Balaban J connectivity index is 1.68. The molecular formula is C22H27N5O3. The first-order valence-corrected chi connectivity index (χ1v) is 10.3. The molecular weight excluding hydrogens is 382 g/mol. The molecule has 1 fully saturated rings. The molecule has 2 aromatic rings. The van der Waals surface area contributed by atoms with Gasteiger partial charge >= 0.3 is 0 Å². The number of benzene rings is 1. The number of hydrogen-bond acceptors (Lipinski definition) is 5. The lowest BCUT2D eigenvalue weighted by molar-refractivity contribution is -0.123. The average molecular weight is 409 g/mol. The van der Waals surface area contributed by atoms with Gasteiger partial charge in [0.2, 0.25) is 11.8 Å². The fourth-order valence-corrected chi connectivity index (χ4v) is 3.56.